The first-order valence-electron chi connectivity index (χ1n) is 10.3. The fraction of sp³-hybridized carbons (Fsp3) is 0.455. The first-order valence-corrected chi connectivity index (χ1v) is 11.5. The van der Waals surface area contributed by atoms with Gasteiger partial charge < -0.3 is 9.12 Å². The lowest BCUT2D eigenvalue weighted by Gasteiger charge is -2.23. The third-order valence-corrected chi connectivity index (χ3v) is 4.91. The van der Waals surface area contributed by atoms with E-state index in [9.17, 15) is 22.0 Å². The second-order valence-corrected chi connectivity index (χ2v) is 9.78. The number of halogens is 5. The molecule has 7 nitrogen and oxygen atoms in total. The zero-order valence-electron chi connectivity index (χ0n) is 19.8. The molecule has 0 saturated heterocycles. The van der Waals surface area contributed by atoms with Gasteiger partial charge in [-0.25, -0.2) is 13.8 Å². The summed E-state index contributed by atoms with van der Waals surface area (Å²) in [5.74, 6) is 0. The Bertz CT molecular complexity index is 1160. The number of hydrogen-bond donors (Lipinski definition) is 1. The van der Waals surface area contributed by atoms with Gasteiger partial charge in [0, 0.05) is 58.4 Å². The van der Waals surface area contributed by atoms with Crippen LogP contribution >= 0.6 is 0 Å². The Labute approximate surface area is 202 Å². The van der Waals surface area contributed by atoms with Crippen LogP contribution in [0.1, 0.15) is 38.1 Å². The molecule has 0 amide bonds. The van der Waals surface area contributed by atoms with Gasteiger partial charge in [0.05, 0.1) is 6.04 Å². The molecule has 0 aliphatic heterocycles. The van der Waals surface area contributed by atoms with Crippen LogP contribution in [0.5, 0.6) is 0 Å². The monoisotopic (exact) mass is 520 g/mol. The number of rotatable bonds is 5. The molecule has 0 saturated carbocycles. The lowest BCUT2D eigenvalue weighted by atomic mass is 9.97. The molecule has 194 valence electrons. The average molecular weight is 521 g/mol. The molecule has 0 aliphatic rings. The highest BCUT2D eigenvalue weighted by Crippen LogP contribution is 2.38. The van der Waals surface area contributed by atoms with E-state index in [2.05, 4.69) is 15.1 Å². The minimum Gasteiger partial charge on any atom is -0.760 e. The van der Waals surface area contributed by atoms with Gasteiger partial charge in [-0.3, -0.25) is 19.2 Å². The summed E-state index contributed by atoms with van der Waals surface area (Å²) in [6.07, 6.45) is -3.41. The minimum atomic E-state index is -4.66. The van der Waals surface area contributed by atoms with E-state index in [0.29, 0.717) is 23.0 Å². The van der Waals surface area contributed by atoms with E-state index in [4.69, 9.17) is 8.76 Å². The summed E-state index contributed by atoms with van der Waals surface area (Å²) in [5, 5.41) is 4.60. The standard InChI is InChI=1S/C22H25F5N4.H3NO2S/c1-21(2,3)12-31-11-15(18(20(23)24)30(4)5)14-7-6-13(10-16(14)31)17-19(22(25,26)27)29-9-8-28-17;1-4(2)3/h6-11,18,20H,12H2,1-5H3;1H2,(H,2,3)/p-1. The summed E-state index contributed by atoms with van der Waals surface area (Å²) in [7, 11) is 3.15. The van der Waals surface area contributed by atoms with Crippen molar-refractivity contribution < 1.29 is 30.7 Å². The Morgan fingerprint density at radius 3 is 2.20 bits per heavy atom. The molecule has 3 aromatic rings. The van der Waals surface area contributed by atoms with E-state index in [1.54, 1.807) is 32.4 Å². The molecule has 13 heteroatoms. The van der Waals surface area contributed by atoms with Crippen molar-refractivity contribution in [2.75, 3.05) is 14.1 Å². The van der Waals surface area contributed by atoms with Gasteiger partial charge in [-0.05, 0) is 25.6 Å². The molecule has 35 heavy (non-hydrogen) atoms. The maximum absolute atomic E-state index is 13.8. The molecule has 0 bridgehead atoms. The SMILES string of the molecule is CN(C)C(c1cn(CC(C)(C)C)c2cc(-c3nccnc3C(F)(F)F)ccc12)C(F)F.NS(=O)[O-]. The van der Waals surface area contributed by atoms with Gasteiger partial charge in [-0.15, -0.1) is 0 Å². The van der Waals surface area contributed by atoms with E-state index < -0.39 is 35.6 Å². The molecule has 0 fully saturated rings. The van der Waals surface area contributed by atoms with Gasteiger partial charge in [0.15, 0.2) is 5.69 Å². The van der Waals surface area contributed by atoms with E-state index in [0.717, 1.165) is 6.20 Å². The van der Waals surface area contributed by atoms with Gasteiger partial charge in [-0.2, -0.15) is 13.2 Å². The van der Waals surface area contributed by atoms with Crippen LogP contribution in [0, 0.1) is 5.41 Å². The number of hydrogen-bond acceptors (Lipinski definition) is 5. The van der Waals surface area contributed by atoms with Crippen molar-refractivity contribution in [2.24, 2.45) is 10.6 Å². The second kappa shape index (κ2) is 11.1. The van der Waals surface area contributed by atoms with Crippen LogP contribution in [0.3, 0.4) is 0 Å². The molecule has 3 rings (SSSR count). The van der Waals surface area contributed by atoms with Crippen LogP contribution in [0.2, 0.25) is 0 Å². The number of nitrogens with two attached hydrogens (primary N) is 1. The molecular weight excluding hydrogens is 493 g/mol. The zero-order chi connectivity index (χ0) is 26.7. The van der Waals surface area contributed by atoms with Gasteiger partial charge >= 0.3 is 6.18 Å². The summed E-state index contributed by atoms with van der Waals surface area (Å²) in [6, 6.07) is 3.50. The van der Waals surface area contributed by atoms with Crippen LogP contribution < -0.4 is 5.14 Å². The summed E-state index contributed by atoms with van der Waals surface area (Å²) < 4.78 is 87.4. The van der Waals surface area contributed by atoms with Crippen LogP contribution in [-0.2, 0) is 24.0 Å². The van der Waals surface area contributed by atoms with Crippen molar-refractivity contribution in [3.63, 3.8) is 0 Å². The van der Waals surface area contributed by atoms with Gasteiger partial charge in [-0.1, -0.05) is 32.9 Å². The molecule has 2 heterocycles. The van der Waals surface area contributed by atoms with Crippen LogP contribution in [0.25, 0.3) is 22.2 Å². The van der Waals surface area contributed by atoms with Crippen molar-refractivity contribution in [1.29, 1.82) is 0 Å². The highest BCUT2D eigenvalue weighted by Gasteiger charge is 2.36. The smallest absolute Gasteiger partial charge is 0.435 e. The lowest BCUT2D eigenvalue weighted by molar-refractivity contribution is -0.140. The largest absolute Gasteiger partial charge is 0.760 e. The molecule has 0 aliphatic carbocycles. The summed E-state index contributed by atoms with van der Waals surface area (Å²) in [6.45, 7) is 6.51. The number of alkyl halides is 5. The Kier molecular flexibility index (Phi) is 9.09. The molecule has 2 unspecified atom stereocenters. The highest BCUT2D eigenvalue weighted by molar-refractivity contribution is 7.76. The molecule has 2 atom stereocenters. The summed E-state index contributed by atoms with van der Waals surface area (Å²) in [4.78, 5) is 8.82. The van der Waals surface area contributed by atoms with Crippen molar-refractivity contribution in [3.05, 3.63) is 48.0 Å². The number of nitrogens with zero attached hydrogens (tertiary/aromatic N) is 4. The van der Waals surface area contributed by atoms with Crippen molar-refractivity contribution >= 4 is 22.2 Å². The van der Waals surface area contributed by atoms with E-state index in [-0.39, 0.29) is 16.7 Å². The highest BCUT2D eigenvalue weighted by atomic mass is 32.2. The summed E-state index contributed by atoms with van der Waals surface area (Å²) in [5.41, 5.74) is -0.315. The Morgan fingerprint density at radius 1 is 1.14 bits per heavy atom. The first kappa shape index (κ1) is 28.8. The molecule has 0 spiro atoms. The fourth-order valence-corrected chi connectivity index (χ4v) is 3.74. The predicted octanol–water partition coefficient (Wildman–Crippen LogP) is 4.77. The number of fused-ring (bicyclic) bond motifs is 1. The summed E-state index contributed by atoms with van der Waals surface area (Å²) >= 11 is -2.36. The van der Waals surface area contributed by atoms with Gasteiger partial charge in [0.1, 0.15) is 5.69 Å². The topological polar surface area (TPSA) is 100 Å². The van der Waals surface area contributed by atoms with Crippen molar-refractivity contribution in [1.82, 2.24) is 19.4 Å². The predicted molar refractivity (Wildman–Crippen MR) is 123 cm³/mol. The Balaban J connectivity index is 0.00000100. The fourth-order valence-electron chi connectivity index (χ4n) is 3.74. The Morgan fingerprint density at radius 2 is 1.71 bits per heavy atom. The van der Waals surface area contributed by atoms with Crippen LogP contribution in [-0.4, -0.2) is 48.7 Å². The van der Waals surface area contributed by atoms with Crippen LogP contribution in [0.4, 0.5) is 22.0 Å². The second-order valence-electron chi connectivity index (χ2n) is 9.26. The van der Waals surface area contributed by atoms with E-state index in [1.165, 1.54) is 17.2 Å². The lowest BCUT2D eigenvalue weighted by Crippen LogP contribution is -2.26. The molecule has 2 N–H and O–H groups in total. The van der Waals surface area contributed by atoms with Gasteiger partial charge in [0.25, 0.3) is 6.43 Å². The minimum absolute atomic E-state index is 0.179. The van der Waals surface area contributed by atoms with Gasteiger partial charge in [0.2, 0.25) is 0 Å². The Hall–Kier alpha value is -2.48. The van der Waals surface area contributed by atoms with E-state index in [1.807, 2.05) is 25.3 Å². The average Bonchev–Trinajstić information content (AvgIpc) is 3.02. The number of benzene rings is 1. The maximum atomic E-state index is 13.8. The first-order chi connectivity index (χ1) is 16.0. The quantitative estimate of drug-likeness (QED) is 0.386. The zero-order valence-corrected chi connectivity index (χ0v) is 20.6. The molecule has 0 radical (unpaired) electrons. The molecular formula is C22H27F5N5O2S-. The third kappa shape index (κ3) is 7.50. The number of aromatic nitrogens is 3. The van der Waals surface area contributed by atoms with Crippen molar-refractivity contribution in [2.45, 2.75) is 46.0 Å². The van der Waals surface area contributed by atoms with E-state index >= 15 is 0 Å². The van der Waals surface area contributed by atoms with Crippen LogP contribution in [0.15, 0.2) is 36.8 Å². The van der Waals surface area contributed by atoms with Crippen molar-refractivity contribution in [3.8, 4) is 11.3 Å². The third-order valence-electron chi connectivity index (χ3n) is 4.91. The molecule has 2 aromatic heterocycles. The molecule has 1 aromatic carbocycles. The maximum Gasteiger partial charge on any atom is 0.435 e. The normalized spacial score (nSPS) is 14.2.